The van der Waals surface area contributed by atoms with Gasteiger partial charge < -0.3 is 9.67 Å². The third-order valence-electron chi connectivity index (χ3n) is 2.50. The Labute approximate surface area is 94.7 Å². The van der Waals surface area contributed by atoms with Gasteiger partial charge in [0.2, 0.25) is 0 Å². The van der Waals surface area contributed by atoms with Gasteiger partial charge in [-0.15, -0.1) is 0 Å². The van der Waals surface area contributed by atoms with Crippen LogP contribution in [0.25, 0.3) is 10.9 Å². The molecule has 4 nitrogen and oxygen atoms in total. The summed E-state index contributed by atoms with van der Waals surface area (Å²) in [7, 11) is 1.88. The minimum absolute atomic E-state index is 0.233. The largest absolute Gasteiger partial charge is 0.478 e. The molecule has 5 heteroatoms. The van der Waals surface area contributed by atoms with Crippen molar-refractivity contribution in [3.8, 4) is 0 Å². The van der Waals surface area contributed by atoms with Gasteiger partial charge in [-0.25, -0.2) is 9.78 Å². The van der Waals surface area contributed by atoms with E-state index in [9.17, 15) is 4.79 Å². The van der Waals surface area contributed by atoms with E-state index in [4.69, 9.17) is 5.11 Å². The van der Waals surface area contributed by atoms with Crippen LogP contribution in [0.1, 0.15) is 16.1 Å². The number of hydrogen-bond donors (Lipinski definition) is 1. The number of nitrogens with zero attached hydrogens (tertiary/aromatic N) is 2. The number of rotatable bonds is 1. The van der Waals surface area contributed by atoms with Crippen LogP contribution >= 0.6 is 15.9 Å². The molecule has 0 spiro atoms. The lowest BCUT2D eigenvalue weighted by atomic mass is 10.2. The van der Waals surface area contributed by atoms with Gasteiger partial charge in [-0.3, -0.25) is 0 Å². The molecule has 0 aliphatic rings. The maximum atomic E-state index is 11.0. The molecule has 0 radical (unpaired) electrons. The van der Waals surface area contributed by atoms with Crippen LogP contribution < -0.4 is 0 Å². The predicted molar refractivity (Wildman–Crippen MR) is 60.1 cm³/mol. The fraction of sp³-hybridized carbons (Fsp3) is 0.200. The van der Waals surface area contributed by atoms with Gasteiger partial charge in [-0.1, -0.05) is 0 Å². The maximum absolute atomic E-state index is 11.0. The Hall–Kier alpha value is -1.36. The summed E-state index contributed by atoms with van der Waals surface area (Å²) in [6.07, 6.45) is 1.37. The van der Waals surface area contributed by atoms with Gasteiger partial charge in [-0.05, 0) is 28.9 Å². The summed E-state index contributed by atoms with van der Waals surface area (Å²) in [6, 6.07) is 1.85. The van der Waals surface area contributed by atoms with Gasteiger partial charge >= 0.3 is 5.97 Å². The Bertz CT molecular complexity index is 560. The van der Waals surface area contributed by atoms with E-state index in [1.807, 2.05) is 24.6 Å². The van der Waals surface area contributed by atoms with E-state index >= 15 is 0 Å². The Kier molecular flexibility index (Phi) is 2.26. The molecule has 0 saturated heterocycles. The SMILES string of the molecule is Cc1cc2c(C(=O)O)cnc(Br)c2n1C. The van der Waals surface area contributed by atoms with Crippen LogP contribution in [0, 0.1) is 6.92 Å². The van der Waals surface area contributed by atoms with Gasteiger partial charge in [0.1, 0.15) is 4.60 Å². The molecule has 0 unspecified atom stereocenters. The average molecular weight is 269 g/mol. The van der Waals surface area contributed by atoms with Gasteiger partial charge in [0, 0.05) is 24.3 Å². The van der Waals surface area contributed by atoms with E-state index in [-0.39, 0.29) is 5.56 Å². The highest BCUT2D eigenvalue weighted by Crippen LogP contribution is 2.27. The minimum Gasteiger partial charge on any atom is -0.478 e. The summed E-state index contributed by atoms with van der Waals surface area (Å²) in [5.74, 6) is -0.953. The fourth-order valence-corrected chi connectivity index (χ4v) is 2.19. The highest BCUT2D eigenvalue weighted by molar-refractivity contribution is 9.10. The van der Waals surface area contributed by atoms with E-state index in [1.165, 1.54) is 6.20 Å². The van der Waals surface area contributed by atoms with Crippen molar-refractivity contribution < 1.29 is 9.90 Å². The average Bonchev–Trinajstić information content (AvgIpc) is 2.44. The lowest BCUT2D eigenvalue weighted by Gasteiger charge is -2.02. The highest BCUT2D eigenvalue weighted by Gasteiger charge is 2.15. The monoisotopic (exact) mass is 268 g/mol. The van der Waals surface area contributed by atoms with Crippen molar-refractivity contribution in [1.29, 1.82) is 0 Å². The number of carboxylic acids is 1. The number of carboxylic acid groups (broad SMARTS) is 1. The van der Waals surface area contributed by atoms with Crippen molar-refractivity contribution >= 4 is 32.8 Å². The van der Waals surface area contributed by atoms with Crippen LogP contribution in [0.3, 0.4) is 0 Å². The van der Waals surface area contributed by atoms with Crippen molar-refractivity contribution in [2.45, 2.75) is 6.92 Å². The number of halogens is 1. The van der Waals surface area contributed by atoms with Gasteiger partial charge in [0.25, 0.3) is 0 Å². The quantitative estimate of drug-likeness (QED) is 0.808. The molecule has 0 amide bonds. The zero-order valence-electron chi connectivity index (χ0n) is 8.28. The van der Waals surface area contributed by atoms with Gasteiger partial charge in [-0.2, -0.15) is 0 Å². The van der Waals surface area contributed by atoms with Crippen LogP contribution in [0.4, 0.5) is 0 Å². The third-order valence-corrected chi connectivity index (χ3v) is 3.08. The number of hydrogen-bond acceptors (Lipinski definition) is 2. The molecule has 1 N–H and O–H groups in total. The van der Waals surface area contributed by atoms with Crippen molar-refractivity contribution in [1.82, 2.24) is 9.55 Å². The van der Waals surface area contributed by atoms with E-state index in [0.717, 1.165) is 11.2 Å². The number of aryl methyl sites for hydroxylation is 2. The zero-order valence-corrected chi connectivity index (χ0v) is 9.87. The van der Waals surface area contributed by atoms with Gasteiger partial charge in [0.05, 0.1) is 11.1 Å². The van der Waals surface area contributed by atoms with Crippen LogP contribution in [0.5, 0.6) is 0 Å². The number of carbonyl (C=O) groups is 1. The smallest absolute Gasteiger partial charge is 0.337 e. The second-order valence-electron chi connectivity index (χ2n) is 3.37. The summed E-state index contributed by atoms with van der Waals surface area (Å²) >= 11 is 3.32. The summed E-state index contributed by atoms with van der Waals surface area (Å²) in [4.78, 5) is 15.0. The minimum atomic E-state index is -0.953. The molecule has 2 rings (SSSR count). The first kappa shape index (κ1) is 10.2. The standard InChI is InChI=1S/C10H9BrN2O2/c1-5-3-6-7(10(14)15)4-12-9(11)8(6)13(5)2/h3-4H,1-2H3,(H,14,15). The van der Waals surface area contributed by atoms with Crippen molar-refractivity contribution in [3.05, 3.63) is 28.1 Å². The number of aromatic nitrogens is 2. The van der Waals surface area contributed by atoms with Crippen LogP contribution in [0.15, 0.2) is 16.9 Å². The lowest BCUT2D eigenvalue weighted by Crippen LogP contribution is -1.99. The normalized spacial score (nSPS) is 10.9. The molecule has 0 fully saturated rings. The first-order chi connectivity index (χ1) is 7.02. The Morgan fingerprint density at radius 2 is 2.27 bits per heavy atom. The van der Waals surface area contributed by atoms with E-state index in [0.29, 0.717) is 9.99 Å². The number of aromatic carboxylic acids is 1. The third kappa shape index (κ3) is 1.43. The summed E-state index contributed by atoms with van der Waals surface area (Å²) in [6.45, 7) is 1.93. The first-order valence-electron chi connectivity index (χ1n) is 4.36. The molecule has 2 aromatic rings. The summed E-state index contributed by atoms with van der Waals surface area (Å²) in [5.41, 5.74) is 2.05. The van der Waals surface area contributed by atoms with E-state index < -0.39 is 5.97 Å². The Morgan fingerprint density at radius 3 is 2.87 bits per heavy atom. The van der Waals surface area contributed by atoms with Crippen LogP contribution in [-0.4, -0.2) is 20.6 Å². The zero-order chi connectivity index (χ0) is 11.2. The van der Waals surface area contributed by atoms with E-state index in [2.05, 4.69) is 20.9 Å². The number of fused-ring (bicyclic) bond motifs is 1. The summed E-state index contributed by atoms with van der Waals surface area (Å²) in [5, 5.41) is 9.72. The Balaban J connectivity index is 2.95. The van der Waals surface area contributed by atoms with Crippen molar-refractivity contribution in [2.75, 3.05) is 0 Å². The van der Waals surface area contributed by atoms with Crippen LogP contribution in [-0.2, 0) is 7.05 Å². The molecule has 78 valence electrons. The molecule has 2 heterocycles. The molecular formula is C10H9BrN2O2. The highest BCUT2D eigenvalue weighted by atomic mass is 79.9. The molecule has 0 saturated carbocycles. The Morgan fingerprint density at radius 1 is 1.60 bits per heavy atom. The molecule has 0 aliphatic carbocycles. The topological polar surface area (TPSA) is 55.1 Å². The van der Waals surface area contributed by atoms with Gasteiger partial charge in [0.15, 0.2) is 0 Å². The summed E-state index contributed by atoms with van der Waals surface area (Å²) < 4.78 is 2.58. The second kappa shape index (κ2) is 3.34. The van der Waals surface area contributed by atoms with Crippen molar-refractivity contribution in [2.24, 2.45) is 7.05 Å². The van der Waals surface area contributed by atoms with Crippen LogP contribution in [0.2, 0.25) is 0 Å². The molecular weight excluding hydrogens is 260 g/mol. The first-order valence-corrected chi connectivity index (χ1v) is 5.15. The second-order valence-corrected chi connectivity index (χ2v) is 4.13. The fourth-order valence-electron chi connectivity index (χ4n) is 1.61. The molecule has 0 bridgehead atoms. The maximum Gasteiger partial charge on any atom is 0.337 e. The molecule has 0 aliphatic heterocycles. The molecule has 15 heavy (non-hydrogen) atoms. The van der Waals surface area contributed by atoms with E-state index in [1.54, 1.807) is 0 Å². The lowest BCUT2D eigenvalue weighted by molar-refractivity contribution is 0.0698. The predicted octanol–water partition coefficient (Wildman–Crippen LogP) is 2.34. The molecule has 0 aromatic carbocycles. The molecule has 2 aromatic heterocycles. The van der Waals surface area contributed by atoms with Crippen molar-refractivity contribution in [3.63, 3.8) is 0 Å². The molecule has 0 atom stereocenters. The number of pyridine rings is 1.